The van der Waals surface area contributed by atoms with Crippen LogP contribution in [0.15, 0.2) is 0 Å². The zero-order valence-electron chi connectivity index (χ0n) is 7.31. The summed E-state index contributed by atoms with van der Waals surface area (Å²) in [5.41, 5.74) is 0.497. The molecule has 0 aromatic heterocycles. The lowest BCUT2D eigenvalue weighted by molar-refractivity contribution is 0.140. The molecule has 1 aliphatic heterocycles. The van der Waals surface area contributed by atoms with Gasteiger partial charge in [0, 0.05) is 13.2 Å². The fraction of sp³-hybridized carbons (Fsp3) is 1.00. The zero-order valence-corrected chi connectivity index (χ0v) is 7.31. The summed E-state index contributed by atoms with van der Waals surface area (Å²) < 4.78 is 5.35. The van der Waals surface area contributed by atoms with Crippen molar-refractivity contribution in [2.24, 2.45) is 11.3 Å². The molecule has 60 valence electrons. The van der Waals surface area contributed by atoms with Crippen LogP contribution in [0.25, 0.3) is 0 Å². The van der Waals surface area contributed by atoms with Gasteiger partial charge >= 0.3 is 0 Å². The minimum atomic E-state index is 0.497. The topological polar surface area (TPSA) is 9.23 Å². The zero-order chi connectivity index (χ0) is 7.61. The van der Waals surface area contributed by atoms with Crippen molar-refractivity contribution in [3.63, 3.8) is 0 Å². The summed E-state index contributed by atoms with van der Waals surface area (Å²) in [5.74, 6) is 0.803. The number of hydrogen-bond donors (Lipinski definition) is 0. The first-order valence-corrected chi connectivity index (χ1v) is 4.24. The Morgan fingerprint density at radius 3 is 2.60 bits per heavy atom. The van der Waals surface area contributed by atoms with E-state index >= 15 is 0 Å². The third kappa shape index (κ3) is 1.51. The van der Waals surface area contributed by atoms with Crippen LogP contribution in [0, 0.1) is 11.3 Å². The molecule has 0 bridgehead atoms. The third-order valence-electron chi connectivity index (χ3n) is 2.95. The maximum atomic E-state index is 5.35. The van der Waals surface area contributed by atoms with E-state index in [0.717, 1.165) is 19.1 Å². The van der Waals surface area contributed by atoms with Gasteiger partial charge in [-0.25, -0.2) is 0 Å². The Hall–Kier alpha value is -0.0400. The maximum Gasteiger partial charge on any atom is 0.0500 e. The molecule has 1 fully saturated rings. The summed E-state index contributed by atoms with van der Waals surface area (Å²) in [6.45, 7) is 8.91. The van der Waals surface area contributed by atoms with E-state index in [1.165, 1.54) is 12.8 Å². The van der Waals surface area contributed by atoms with Gasteiger partial charge in [-0.3, -0.25) is 0 Å². The van der Waals surface area contributed by atoms with Crippen molar-refractivity contribution in [2.75, 3.05) is 13.2 Å². The molecular formula is C9H18O. The molecule has 0 aromatic rings. The van der Waals surface area contributed by atoms with Gasteiger partial charge in [0.2, 0.25) is 0 Å². The van der Waals surface area contributed by atoms with E-state index in [-0.39, 0.29) is 0 Å². The molecule has 1 nitrogen and oxygen atoms in total. The second-order valence-corrected chi connectivity index (χ2v) is 3.90. The Kier molecular flexibility index (Phi) is 2.35. The molecule has 1 atom stereocenters. The van der Waals surface area contributed by atoms with Crippen molar-refractivity contribution in [3.8, 4) is 0 Å². The molecule has 0 spiro atoms. The van der Waals surface area contributed by atoms with Crippen molar-refractivity contribution in [1.29, 1.82) is 0 Å². The van der Waals surface area contributed by atoms with Gasteiger partial charge in [0.05, 0.1) is 0 Å². The molecule has 0 amide bonds. The van der Waals surface area contributed by atoms with Gasteiger partial charge in [-0.15, -0.1) is 0 Å². The van der Waals surface area contributed by atoms with Crippen LogP contribution in [0.5, 0.6) is 0 Å². The predicted molar refractivity (Wildman–Crippen MR) is 43.0 cm³/mol. The average molecular weight is 142 g/mol. The lowest BCUT2D eigenvalue weighted by atomic mass is 9.76. The fourth-order valence-corrected chi connectivity index (χ4v) is 1.44. The SMILES string of the molecule is CCC(C)(C)C1CCOC1. The van der Waals surface area contributed by atoms with Crippen LogP contribution in [-0.2, 0) is 4.74 Å². The van der Waals surface area contributed by atoms with Gasteiger partial charge in [0.15, 0.2) is 0 Å². The van der Waals surface area contributed by atoms with Crippen molar-refractivity contribution in [1.82, 2.24) is 0 Å². The summed E-state index contributed by atoms with van der Waals surface area (Å²) in [4.78, 5) is 0. The van der Waals surface area contributed by atoms with E-state index < -0.39 is 0 Å². The van der Waals surface area contributed by atoms with Crippen molar-refractivity contribution < 1.29 is 4.74 Å². The Balaban J connectivity index is 2.45. The average Bonchev–Trinajstić information content (AvgIpc) is 2.38. The number of hydrogen-bond acceptors (Lipinski definition) is 1. The summed E-state index contributed by atoms with van der Waals surface area (Å²) >= 11 is 0. The van der Waals surface area contributed by atoms with Crippen molar-refractivity contribution in [3.05, 3.63) is 0 Å². The van der Waals surface area contributed by atoms with E-state index in [2.05, 4.69) is 20.8 Å². The highest BCUT2D eigenvalue weighted by molar-refractivity contribution is 4.79. The molecule has 0 radical (unpaired) electrons. The van der Waals surface area contributed by atoms with Gasteiger partial charge in [0.25, 0.3) is 0 Å². The van der Waals surface area contributed by atoms with E-state index in [4.69, 9.17) is 4.74 Å². The first kappa shape index (κ1) is 8.06. The van der Waals surface area contributed by atoms with Gasteiger partial charge in [-0.1, -0.05) is 27.2 Å². The summed E-state index contributed by atoms with van der Waals surface area (Å²) in [7, 11) is 0. The lowest BCUT2D eigenvalue weighted by Gasteiger charge is -2.28. The van der Waals surface area contributed by atoms with Crippen molar-refractivity contribution >= 4 is 0 Å². The minimum Gasteiger partial charge on any atom is -0.381 e. The summed E-state index contributed by atoms with van der Waals surface area (Å²) in [5, 5.41) is 0. The quantitative estimate of drug-likeness (QED) is 0.575. The smallest absolute Gasteiger partial charge is 0.0500 e. The molecule has 0 N–H and O–H groups in total. The second kappa shape index (κ2) is 2.91. The molecule has 0 aromatic carbocycles. The van der Waals surface area contributed by atoms with Crippen LogP contribution in [0.2, 0.25) is 0 Å². The van der Waals surface area contributed by atoms with Crippen LogP contribution in [0.3, 0.4) is 0 Å². The van der Waals surface area contributed by atoms with Crippen molar-refractivity contribution in [2.45, 2.75) is 33.6 Å². The Morgan fingerprint density at radius 2 is 2.20 bits per heavy atom. The van der Waals surface area contributed by atoms with Gasteiger partial charge in [-0.05, 0) is 17.8 Å². The standard InChI is InChI=1S/C9H18O/c1-4-9(2,3)8-5-6-10-7-8/h8H,4-7H2,1-3H3. The molecule has 1 unspecified atom stereocenters. The van der Waals surface area contributed by atoms with Crippen LogP contribution in [-0.4, -0.2) is 13.2 Å². The van der Waals surface area contributed by atoms with E-state index in [0.29, 0.717) is 5.41 Å². The third-order valence-corrected chi connectivity index (χ3v) is 2.95. The molecular weight excluding hydrogens is 124 g/mol. The fourth-order valence-electron chi connectivity index (χ4n) is 1.44. The number of ether oxygens (including phenoxy) is 1. The van der Waals surface area contributed by atoms with E-state index in [9.17, 15) is 0 Å². The minimum absolute atomic E-state index is 0.497. The Labute approximate surface area is 63.8 Å². The molecule has 1 heterocycles. The first-order chi connectivity index (χ1) is 4.67. The molecule has 1 rings (SSSR count). The Bertz CT molecular complexity index is 101. The first-order valence-electron chi connectivity index (χ1n) is 4.24. The second-order valence-electron chi connectivity index (χ2n) is 3.90. The predicted octanol–water partition coefficient (Wildman–Crippen LogP) is 2.46. The molecule has 10 heavy (non-hydrogen) atoms. The lowest BCUT2D eigenvalue weighted by Crippen LogP contribution is -2.23. The molecule has 0 aliphatic carbocycles. The largest absolute Gasteiger partial charge is 0.381 e. The van der Waals surface area contributed by atoms with E-state index in [1.807, 2.05) is 0 Å². The van der Waals surface area contributed by atoms with Crippen LogP contribution >= 0.6 is 0 Å². The van der Waals surface area contributed by atoms with Gasteiger partial charge in [0.1, 0.15) is 0 Å². The van der Waals surface area contributed by atoms with E-state index in [1.54, 1.807) is 0 Å². The monoisotopic (exact) mass is 142 g/mol. The highest BCUT2D eigenvalue weighted by atomic mass is 16.5. The Morgan fingerprint density at radius 1 is 1.50 bits per heavy atom. The van der Waals surface area contributed by atoms with Gasteiger partial charge in [-0.2, -0.15) is 0 Å². The summed E-state index contributed by atoms with van der Waals surface area (Å²) in [6, 6.07) is 0. The number of rotatable bonds is 2. The highest BCUT2D eigenvalue weighted by Gasteiger charge is 2.30. The van der Waals surface area contributed by atoms with Crippen LogP contribution in [0.1, 0.15) is 33.6 Å². The van der Waals surface area contributed by atoms with Crippen LogP contribution in [0.4, 0.5) is 0 Å². The molecule has 1 heteroatoms. The normalized spacial score (nSPS) is 27.3. The molecule has 1 saturated heterocycles. The van der Waals surface area contributed by atoms with Crippen LogP contribution < -0.4 is 0 Å². The van der Waals surface area contributed by atoms with Gasteiger partial charge < -0.3 is 4.74 Å². The molecule has 0 saturated carbocycles. The maximum absolute atomic E-state index is 5.35. The molecule has 1 aliphatic rings. The summed E-state index contributed by atoms with van der Waals surface area (Å²) in [6.07, 6.45) is 2.53. The highest BCUT2D eigenvalue weighted by Crippen LogP contribution is 2.35.